The lowest BCUT2D eigenvalue weighted by Crippen LogP contribution is -2.59. The molecule has 0 bridgehead atoms. The van der Waals surface area contributed by atoms with Crippen LogP contribution in [0, 0.1) is 6.92 Å². The van der Waals surface area contributed by atoms with E-state index in [1.807, 2.05) is 11.3 Å². The van der Waals surface area contributed by atoms with Gasteiger partial charge in [-0.3, -0.25) is 14.5 Å². The molecule has 4 rings (SSSR count). The molecule has 3 aliphatic rings. The van der Waals surface area contributed by atoms with Crippen molar-refractivity contribution in [1.29, 1.82) is 0 Å². The number of aryl methyl sites for hydroxylation is 1. The summed E-state index contributed by atoms with van der Waals surface area (Å²) in [5.41, 5.74) is 6.05. The maximum absolute atomic E-state index is 13.5. The molecule has 0 aromatic carbocycles. The largest absolute Gasteiger partial charge is 0.377 e. The van der Waals surface area contributed by atoms with Crippen LogP contribution in [0.2, 0.25) is 0 Å². The molecule has 1 aromatic rings. The SMILES string of the molecule is COCC(=O)N1CCC(N(Cc2ccc(C)s2)CC2CCCO2)C[C@@H]1C(=O)NC1CCC(N)CC1. The van der Waals surface area contributed by atoms with Gasteiger partial charge in [-0.05, 0) is 70.4 Å². The smallest absolute Gasteiger partial charge is 0.249 e. The van der Waals surface area contributed by atoms with Gasteiger partial charge in [0.2, 0.25) is 11.8 Å². The summed E-state index contributed by atoms with van der Waals surface area (Å²) in [4.78, 5) is 33.3. The van der Waals surface area contributed by atoms with Crippen LogP contribution in [-0.4, -0.2) is 85.3 Å². The van der Waals surface area contributed by atoms with Gasteiger partial charge in [-0.2, -0.15) is 0 Å². The minimum Gasteiger partial charge on any atom is -0.377 e. The van der Waals surface area contributed by atoms with Crippen LogP contribution in [0.5, 0.6) is 0 Å². The van der Waals surface area contributed by atoms with Crippen molar-refractivity contribution in [2.45, 2.75) is 95.1 Å². The van der Waals surface area contributed by atoms with E-state index in [2.05, 4.69) is 29.3 Å². The Morgan fingerprint density at radius 1 is 1.23 bits per heavy atom. The Hall–Kier alpha value is -1.52. The lowest BCUT2D eigenvalue weighted by molar-refractivity contribution is -0.147. The molecule has 3 atom stereocenters. The molecule has 9 heteroatoms. The number of thiophene rings is 1. The molecular formula is C26H42N4O4S. The number of nitrogens with zero attached hydrogens (tertiary/aromatic N) is 2. The number of carbonyl (C=O) groups excluding carboxylic acids is 2. The van der Waals surface area contributed by atoms with E-state index in [9.17, 15) is 9.59 Å². The third kappa shape index (κ3) is 7.26. The first-order chi connectivity index (χ1) is 16.9. The van der Waals surface area contributed by atoms with Gasteiger partial charge >= 0.3 is 0 Å². The highest BCUT2D eigenvalue weighted by Crippen LogP contribution is 2.28. The molecule has 2 aliphatic heterocycles. The number of rotatable bonds is 9. The van der Waals surface area contributed by atoms with Crippen molar-refractivity contribution in [3.8, 4) is 0 Å². The molecule has 2 amide bonds. The van der Waals surface area contributed by atoms with Gasteiger partial charge in [0.25, 0.3) is 0 Å². The highest BCUT2D eigenvalue weighted by molar-refractivity contribution is 7.11. The van der Waals surface area contributed by atoms with E-state index >= 15 is 0 Å². The molecule has 196 valence electrons. The highest BCUT2D eigenvalue weighted by atomic mass is 32.1. The van der Waals surface area contributed by atoms with E-state index in [1.165, 1.54) is 16.9 Å². The van der Waals surface area contributed by atoms with Gasteiger partial charge in [0.1, 0.15) is 12.6 Å². The summed E-state index contributed by atoms with van der Waals surface area (Å²) >= 11 is 1.83. The van der Waals surface area contributed by atoms with E-state index < -0.39 is 6.04 Å². The number of carbonyl (C=O) groups is 2. The number of ether oxygens (including phenoxy) is 2. The summed E-state index contributed by atoms with van der Waals surface area (Å²) < 4.78 is 11.1. The highest BCUT2D eigenvalue weighted by Gasteiger charge is 2.39. The molecule has 1 saturated carbocycles. The van der Waals surface area contributed by atoms with Gasteiger partial charge in [-0.25, -0.2) is 0 Å². The zero-order valence-electron chi connectivity index (χ0n) is 21.2. The van der Waals surface area contributed by atoms with Crippen molar-refractivity contribution in [3.63, 3.8) is 0 Å². The Morgan fingerprint density at radius 3 is 2.69 bits per heavy atom. The summed E-state index contributed by atoms with van der Waals surface area (Å²) in [6, 6.07) is 4.47. The third-order valence-corrected chi connectivity index (χ3v) is 8.70. The zero-order chi connectivity index (χ0) is 24.8. The lowest BCUT2D eigenvalue weighted by Gasteiger charge is -2.43. The first-order valence-electron chi connectivity index (χ1n) is 13.2. The average Bonchev–Trinajstić information content (AvgIpc) is 3.51. The fourth-order valence-electron chi connectivity index (χ4n) is 5.76. The number of nitrogens with two attached hydrogens (primary N) is 1. The van der Waals surface area contributed by atoms with Gasteiger partial charge in [0.15, 0.2) is 0 Å². The lowest BCUT2D eigenvalue weighted by atomic mass is 9.90. The van der Waals surface area contributed by atoms with Crippen LogP contribution in [0.1, 0.15) is 61.1 Å². The molecule has 3 heterocycles. The van der Waals surface area contributed by atoms with E-state index in [4.69, 9.17) is 15.2 Å². The Balaban J connectivity index is 1.48. The minimum absolute atomic E-state index is 0.000823. The van der Waals surface area contributed by atoms with Gasteiger partial charge in [-0.15, -0.1) is 11.3 Å². The molecule has 8 nitrogen and oxygen atoms in total. The van der Waals surface area contributed by atoms with Crippen molar-refractivity contribution in [1.82, 2.24) is 15.1 Å². The fraction of sp³-hybridized carbons (Fsp3) is 0.769. The second-order valence-corrected chi connectivity index (χ2v) is 11.8. The standard InChI is InChI=1S/C26H42N4O4S/c1-18-5-10-23(35-18)16-29(15-22-4-3-13-34-22)21-11-12-30(25(31)17-33-2)24(14-21)26(32)28-20-8-6-19(27)7-9-20/h5,10,19-22,24H,3-4,6-9,11-17,27H2,1-2H3,(H,28,32)/t19?,20?,21?,22?,24-/m1/s1. The fourth-order valence-corrected chi connectivity index (χ4v) is 6.67. The van der Waals surface area contributed by atoms with Crippen LogP contribution in [-0.2, 0) is 25.6 Å². The molecule has 0 radical (unpaired) electrons. The second kappa shape index (κ2) is 12.6. The predicted octanol–water partition coefficient (Wildman–Crippen LogP) is 2.43. The van der Waals surface area contributed by atoms with Crippen molar-refractivity contribution in [2.24, 2.45) is 5.73 Å². The number of hydrogen-bond acceptors (Lipinski definition) is 7. The van der Waals surface area contributed by atoms with Crippen LogP contribution in [0.15, 0.2) is 12.1 Å². The first kappa shape index (κ1) is 26.5. The maximum Gasteiger partial charge on any atom is 0.249 e. The summed E-state index contributed by atoms with van der Waals surface area (Å²) in [5.74, 6) is -0.153. The van der Waals surface area contributed by atoms with Crippen LogP contribution in [0.25, 0.3) is 0 Å². The van der Waals surface area contributed by atoms with Crippen LogP contribution in [0.3, 0.4) is 0 Å². The molecule has 0 spiro atoms. The minimum atomic E-state index is -0.482. The van der Waals surface area contributed by atoms with Gasteiger partial charge in [-0.1, -0.05) is 0 Å². The molecule has 35 heavy (non-hydrogen) atoms. The molecule has 1 aromatic heterocycles. The number of piperidine rings is 1. The van der Waals surface area contributed by atoms with Crippen molar-refractivity contribution in [3.05, 3.63) is 21.9 Å². The number of likely N-dealkylation sites (tertiary alicyclic amines) is 1. The summed E-state index contributed by atoms with van der Waals surface area (Å²) in [5, 5.41) is 3.25. The van der Waals surface area contributed by atoms with Crippen molar-refractivity contribution < 1.29 is 19.1 Å². The third-order valence-electron chi connectivity index (χ3n) is 7.72. The van der Waals surface area contributed by atoms with E-state index in [-0.39, 0.29) is 42.7 Å². The monoisotopic (exact) mass is 506 g/mol. The average molecular weight is 507 g/mol. The summed E-state index contributed by atoms with van der Waals surface area (Å²) in [7, 11) is 1.53. The Bertz CT molecular complexity index is 835. The molecule has 1 aliphatic carbocycles. The van der Waals surface area contributed by atoms with Crippen LogP contribution in [0.4, 0.5) is 0 Å². The molecule has 3 N–H and O–H groups in total. The van der Waals surface area contributed by atoms with Gasteiger partial charge < -0.3 is 25.4 Å². The molecule has 2 unspecified atom stereocenters. The van der Waals surface area contributed by atoms with Crippen molar-refractivity contribution >= 4 is 23.2 Å². The normalized spacial score (nSPS) is 29.5. The number of hydrogen-bond donors (Lipinski definition) is 2. The number of methoxy groups -OCH3 is 1. The topological polar surface area (TPSA) is 97.1 Å². The van der Waals surface area contributed by atoms with Gasteiger partial charge in [0.05, 0.1) is 6.10 Å². The molecular weight excluding hydrogens is 464 g/mol. The maximum atomic E-state index is 13.5. The summed E-state index contributed by atoms with van der Waals surface area (Å²) in [6.45, 7) is 5.24. The van der Waals surface area contributed by atoms with Gasteiger partial charge in [0, 0.05) is 61.2 Å². The number of amides is 2. The van der Waals surface area contributed by atoms with Crippen molar-refractivity contribution in [2.75, 3.05) is 33.4 Å². The first-order valence-corrected chi connectivity index (χ1v) is 14.0. The van der Waals surface area contributed by atoms with E-state index in [0.29, 0.717) is 13.0 Å². The second-order valence-electron chi connectivity index (χ2n) is 10.4. The Labute approximate surface area is 213 Å². The summed E-state index contributed by atoms with van der Waals surface area (Å²) in [6.07, 6.45) is 7.56. The van der Waals surface area contributed by atoms with E-state index in [1.54, 1.807) is 4.90 Å². The predicted molar refractivity (Wildman–Crippen MR) is 137 cm³/mol. The Morgan fingerprint density at radius 2 is 2.03 bits per heavy atom. The zero-order valence-corrected chi connectivity index (χ0v) is 22.1. The number of nitrogens with one attached hydrogen (secondary N) is 1. The Kier molecular flexibility index (Phi) is 9.58. The van der Waals surface area contributed by atoms with Crippen LogP contribution < -0.4 is 11.1 Å². The van der Waals surface area contributed by atoms with E-state index in [0.717, 1.165) is 64.6 Å². The molecule has 2 saturated heterocycles. The quantitative estimate of drug-likeness (QED) is 0.534. The van der Waals surface area contributed by atoms with Crippen LogP contribution >= 0.6 is 11.3 Å². The molecule has 3 fully saturated rings.